The van der Waals surface area contributed by atoms with Gasteiger partial charge in [-0.3, -0.25) is 4.79 Å². The highest BCUT2D eigenvalue weighted by Gasteiger charge is 2.19. The molecule has 0 bridgehead atoms. The number of carbonyl (C=O) groups is 1. The van der Waals surface area contributed by atoms with E-state index < -0.39 is 0 Å². The van der Waals surface area contributed by atoms with E-state index in [0.717, 1.165) is 12.1 Å². The first-order valence-electron chi connectivity index (χ1n) is 6.54. The zero-order valence-electron chi connectivity index (χ0n) is 12.2. The van der Waals surface area contributed by atoms with Crippen molar-refractivity contribution in [1.82, 2.24) is 5.32 Å². The van der Waals surface area contributed by atoms with Crippen molar-refractivity contribution in [1.29, 1.82) is 0 Å². The van der Waals surface area contributed by atoms with E-state index >= 15 is 0 Å². The second-order valence-electron chi connectivity index (χ2n) is 5.39. The first kappa shape index (κ1) is 15.5. The van der Waals surface area contributed by atoms with E-state index in [1.54, 1.807) is 7.11 Å². The molecule has 0 atom stereocenters. The summed E-state index contributed by atoms with van der Waals surface area (Å²) in [5.74, 6) is -0.0459. The van der Waals surface area contributed by atoms with E-state index in [-0.39, 0.29) is 11.3 Å². The number of methoxy groups -OCH3 is 1. The van der Waals surface area contributed by atoms with Crippen LogP contribution in [-0.4, -0.2) is 33.2 Å². The molecule has 0 unspecified atom stereocenters. The van der Waals surface area contributed by atoms with E-state index in [2.05, 4.69) is 24.5 Å². The number of nitrogens with one attached hydrogen (secondary N) is 2. The van der Waals surface area contributed by atoms with Crippen LogP contribution in [0.25, 0.3) is 0 Å². The Hall–Kier alpha value is -1.55. The molecule has 0 heterocycles. The maximum atomic E-state index is 12.2. The first-order chi connectivity index (χ1) is 9.00. The van der Waals surface area contributed by atoms with Crippen molar-refractivity contribution in [3.63, 3.8) is 0 Å². The third-order valence-electron chi connectivity index (χ3n) is 3.15. The summed E-state index contributed by atoms with van der Waals surface area (Å²) in [4.78, 5) is 12.2. The predicted octanol–water partition coefficient (Wildman–Crippen LogP) is 2.52. The molecule has 1 aromatic rings. The van der Waals surface area contributed by atoms with Crippen molar-refractivity contribution < 1.29 is 9.53 Å². The molecule has 1 amide bonds. The van der Waals surface area contributed by atoms with E-state index in [1.165, 1.54) is 0 Å². The molecule has 0 radical (unpaired) electrons. The summed E-state index contributed by atoms with van der Waals surface area (Å²) in [7, 11) is 3.51. The molecule has 4 nitrogen and oxygen atoms in total. The van der Waals surface area contributed by atoms with Gasteiger partial charge in [0.2, 0.25) is 0 Å². The average Bonchev–Trinajstić information content (AvgIpc) is 2.42. The molecular weight excluding hydrogens is 240 g/mol. The quantitative estimate of drug-likeness (QED) is 0.795. The minimum atomic E-state index is -0.0459. The lowest BCUT2D eigenvalue weighted by Gasteiger charge is -2.24. The van der Waals surface area contributed by atoms with Crippen molar-refractivity contribution in [2.24, 2.45) is 5.41 Å². The van der Waals surface area contributed by atoms with Gasteiger partial charge in [-0.25, -0.2) is 0 Å². The Balaban J connectivity index is 2.60. The first-order valence-corrected chi connectivity index (χ1v) is 6.54. The van der Waals surface area contributed by atoms with Crippen molar-refractivity contribution in [3.8, 4) is 0 Å². The average molecular weight is 264 g/mol. The molecule has 0 saturated carbocycles. The third kappa shape index (κ3) is 4.91. The van der Waals surface area contributed by atoms with Crippen molar-refractivity contribution in [2.75, 3.05) is 32.6 Å². The molecule has 0 aromatic heterocycles. The third-order valence-corrected chi connectivity index (χ3v) is 3.15. The van der Waals surface area contributed by atoms with E-state index in [0.29, 0.717) is 18.7 Å². The van der Waals surface area contributed by atoms with Gasteiger partial charge in [-0.15, -0.1) is 0 Å². The minimum absolute atomic E-state index is 0.0280. The second kappa shape index (κ2) is 7.14. The van der Waals surface area contributed by atoms with Gasteiger partial charge >= 0.3 is 0 Å². The second-order valence-corrected chi connectivity index (χ2v) is 5.39. The predicted molar refractivity (Wildman–Crippen MR) is 78.6 cm³/mol. The van der Waals surface area contributed by atoms with Crippen LogP contribution in [-0.2, 0) is 4.74 Å². The number of amides is 1. The fourth-order valence-corrected chi connectivity index (χ4v) is 1.78. The van der Waals surface area contributed by atoms with Crippen LogP contribution in [0.1, 0.15) is 30.6 Å². The van der Waals surface area contributed by atoms with Gasteiger partial charge in [-0.2, -0.15) is 0 Å². The number of ether oxygens (including phenoxy) is 1. The van der Waals surface area contributed by atoms with Gasteiger partial charge in [0.25, 0.3) is 5.91 Å². The van der Waals surface area contributed by atoms with Crippen molar-refractivity contribution >= 4 is 11.6 Å². The summed E-state index contributed by atoms with van der Waals surface area (Å²) >= 11 is 0. The van der Waals surface area contributed by atoms with E-state index in [1.807, 2.05) is 31.3 Å². The highest BCUT2D eigenvalue weighted by molar-refractivity contribution is 5.99. The standard InChI is InChI=1S/C15H24N2O2/c1-15(2,9-10-19-4)11-17-14(18)12-7-5-6-8-13(12)16-3/h5-8,16H,9-11H2,1-4H3,(H,17,18). The van der Waals surface area contributed by atoms with Gasteiger partial charge in [-0.05, 0) is 24.0 Å². The fourth-order valence-electron chi connectivity index (χ4n) is 1.78. The number of carbonyl (C=O) groups excluding carboxylic acids is 1. The number of hydrogen-bond acceptors (Lipinski definition) is 3. The van der Waals surface area contributed by atoms with Crippen LogP contribution in [0.5, 0.6) is 0 Å². The summed E-state index contributed by atoms with van der Waals surface area (Å²) in [6, 6.07) is 7.49. The van der Waals surface area contributed by atoms with Crippen LogP contribution >= 0.6 is 0 Å². The Morgan fingerprint density at radius 1 is 1.32 bits per heavy atom. The molecule has 0 fully saturated rings. The lowest BCUT2D eigenvalue weighted by Crippen LogP contribution is -2.34. The van der Waals surface area contributed by atoms with Gasteiger partial charge in [0, 0.05) is 33.0 Å². The number of hydrogen-bond donors (Lipinski definition) is 2. The molecule has 0 aliphatic heterocycles. The number of anilines is 1. The number of rotatable bonds is 7. The summed E-state index contributed by atoms with van der Waals surface area (Å²) in [5, 5.41) is 6.02. The SMILES string of the molecule is CNc1ccccc1C(=O)NCC(C)(C)CCOC. The molecular formula is C15H24N2O2. The Kier molecular flexibility index (Phi) is 5.83. The van der Waals surface area contributed by atoms with Crippen LogP contribution in [0.15, 0.2) is 24.3 Å². The normalized spacial score (nSPS) is 11.2. The summed E-state index contributed by atoms with van der Waals surface area (Å²) in [6.07, 6.45) is 0.914. The van der Waals surface area contributed by atoms with Crippen molar-refractivity contribution in [2.45, 2.75) is 20.3 Å². The molecule has 1 aromatic carbocycles. The maximum absolute atomic E-state index is 12.2. The number of benzene rings is 1. The smallest absolute Gasteiger partial charge is 0.253 e. The van der Waals surface area contributed by atoms with Crippen LogP contribution in [0.4, 0.5) is 5.69 Å². The van der Waals surface area contributed by atoms with E-state index in [4.69, 9.17) is 4.74 Å². The molecule has 106 valence electrons. The van der Waals surface area contributed by atoms with Crippen LogP contribution < -0.4 is 10.6 Å². The van der Waals surface area contributed by atoms with Crippen LogP contribution in [0.3, 0.4) is 0 Å². The molecule has 0 aliphatic rings. The van der Waals surface area contributed by atoms with Gasteiger partial charge in [-0.1, -0.05) is 26.0 Å². The molecule has 0 saturated heterocycles. The molecule has 0 spiro atoms. The zero-order valence-corrected chi connectivity index (χ0v) is 12.2. The van der Waals surface area contributed by atoms with Gasteiger partial charge in [0.1, 0.15) is 0 Å². The van der Waals surface area contributed by atoms with Gasteiger partial charge in [0.15, 0.2) is 0 Å². The molecule has 2 N–H and O–H groups in total. The largest absolute Gasteiger partial charge is 0.387 e. The minimum Gasteiger partial charge on any atom is -0.387 e. The molecule has 0 aliphatic carbocycles. The Labute approximate surface area is 115 Å². The molecule has 1 rings (SSSR count). The molecule has 19 heavy (non-hydrogen) atoms. The lowest BCUT2D eigenvalue weighted by atomic mass is 9.89. The monoisotopic (exact) mass is 264 g/mol. The van der Waals surface area contributed by atoms with Gasteiger partial charge in [0.05, 0.1) is 5.56 Å². The maximum Gasteiger partial charge on any atom is 0.253 e. The van der Waals surface area contributed by atoms with Crippen molar-refractivity contribution in [3.05, 3.63) is 29.8 Å². The lowest BCUT2D eigenvalue weighted by molar-refractivity contribution is 0.0921. The van der Waals surface area contributed by atoms with E-state index in [9.17, 15) is 4.79 Å². The van der Waals surface area contributed by atoms with Gasteiger partial charge < -0.3 is 15.4 Å². The highest BCUT2D eigenvalue weighted by Crippen LogP contribution is 2.20. The molecule has 4 heteroatoms. The number of para-hydroxylation sites is 1. The van der Waals surface area contributed by atoms with Crippen LogP contribution in [0, 0.1) is 5.41 Å². The topological polar surface area (TPSA) is 50.4 Å². The Morgan fingerprint density at radius 3 is 2.63 bits per heavy atom. The zero-order chi connectivity index (χ0) is 14.3. The highest BCUT2D eigenvalue weighted by atomic mass is 16.5. The Morgan fingerprint density at radius 2 is 2.00 bits per heavy atom. The Bertz CT molecular complexity index is 416. The summed E-state index contributed by atoms with van der Waals surface area (Å²) < 4.78 is 5.08. The summed E-state index contributed by atoms with van der Waals surface area (Å²) in [6.45, 7) is 5.58. The fraction of sp³-hybridized carbons (Fsp3) is 0.533. The summed E-state index contributed by atoms with van der Waals surface area (Å²) in [5.41, 5.74) is 1.54. The van der Waals surface area contributed by atoms with Crippen LogP contribution in [0.2, 0.25) is 0 Å².